The summed E-state index contributed by atoms with van der Waals surface area (Å²) >= 11 is 5.90. The molecule has 1 aliphatic heterocycles. The Morgan fingerprint density at radius 2 is 1.86 bits per heavy atom. The van der Waals surface area contributed by atoms with E-state index in [2.05, 4.69) is 25.5 Å². The van der Waals surface area contributed by atoms with Crippen molar-refractivity contribution in [3.8, 4) is 0 Å². The number of aromatic nitrogens is 2. The third-order valence-corrected chi connectivity index (χ3v) is 3.63. The molecule has 110 valence electrons. The Hall–Kier alpha value is -1.85. The van der Waals surface area contributed by atoms with E-state index in [4.69, 9.17) is 11.6 Å². The van der Waals surface area contributed by atoms with E-state index in [-0.39, 0.29) is 0 Å². The molecule has 0 bridgehead atoms. The molecule has 0 spiro atoms. The minimum absolute atomic E-state index is 0.723. The lowest BCUT2D eigenvalue weighted by molar-refractivity contribution is 0.584. The van der Waals surface area contributed by atoms with Crippen molar-refractivity contribution >= 4 is 28.9 Å². The Balaban J connectivity index is 1.81. The van der Waals surface area contributed by atoms with Crippen LogP contribution in [0.3, 0.4) is 0 Å². The summed E-state index contributed by atoms with van der Waals surface area (Å²) in [5.74, 6) is 2.54. The molecule has 0 radical (unpaired) electrons. The predicted octanol–water partition coefficient (Wildman–Crippen LogP) is 2.59. The Morgan fingerprint density at radius 3 is 2.57 bits per heavy atom. The molecule has 1 aliphatic rings. The number of anilines is 3. The van der Waals surface area contributed by atoms with Crippen LogP contribution in [-0.4, -0.2) is 36.1 Å². The van der Waals surface area contributed by atoms with Crippen molar-refractivity contribution in [2.24, 2.45) is 0 Å². The quantitative estimate of drug-likeness (QED) is 0.913. The Bertz CT molecular complexity index is 608. The van der Waals surface area contributed by atoms with Crippen LogP contribution in [0.4, 0.5) is 17.3 Å². The van der Waals surface area contributed by atoms with Gasteiger partial charge in [0.1, 0.15) is 17.5 Å². The zero-order valence-electron chi connectivity index (χ0n) is 11.9. The molecule has 1 aromatic heterocycles. The highest BCUT2D eigenvalue weighted by atomic mass is 35.5. The van der Waals surface area contributed by atoms with Gasteiger partial charge in [-0.15, -0.1) is 0 Å². The van der Waals surface area contributed by atoms with Crippen molar-refractivity contribution in [2.45, 2.75) is 6.92 Å². The number of benzene rings is 1. The molecule has 0 amide bonds. The van der Waals surface area contributed by atoms with Crippen molar-refractivity contribution in [1.82, 2.24) is 15.3 Å². The van der Waals surface area contributed by atoms with Crippen molar-refractivity contribution in [1.29, 1.82) is 0 Å². The van der Waals surface area contributed by atoms with Crippen LogP contribution in [0.5, 0.6) is 0 Å². The first-order valence-corrected chi connectivity index (χ1v) is 7.42. The summed E-state index contributed by atoms with van der Waals surface area (Å²) in [5, 5.41) is 7.37. The summed E-state index contributed by atoms with van der Waals surface area (Å²) in [6.07, 6.45) is 0. The van der Waals surface area contributed by atoms with Crippen LogP contribution in [0.2, 0.25) is 5.02 Å². The molecule has 0 aliphatic carbocycles. The fourth-order valence-electron chi connectivity index (χ4n) is 2.35. The third-order valence-electron chi connectivity index (χ3n) is 3.38. The van der Waals surface area contributed by atoms with Gasteiger partial charge in [0.15, 0.2) is 0 Å². The van der Waals surface area contributed by atoms with E-state index >= 15 is 0 Å². The van der Waals surface area contributed by atoms with Crippen molar-refractivity contribution in [2.75, 3.05) is 36.4 Å². The molecule has 1 fully saturated rings. The molecular weight excluding hydrogens is 286 g/mol. The van der Waals surface area contributed by atoms with E-state index in [0.29, 0.717) is 0 Å². The van der Waals surface area contributed by atoms with Gasteiger partial charge < -0.3 is 15.5 Å². The molecule has 2 N–H and O–H groups in total. The Labute approximate surface area is 129 Å². The van der Waals surface area contributed by atoms with Gasteiger partial charge in [-0.1, -0.05) is 11.6 Å². The number of hydrogen-bond acceptors (Lipinski definition) is 5. The van der Waals surface area contributed by atoms with Gasteiger partial charge in [0, 0.05) is 43.0 Å². The molecule has 21 heavy (non-hydrogen) atoms. The summed E-state index contributed by atoms with van der Waals surface area (Å²) in [6, 6.07) is 9.58. The fraction of sp³-hybridized carbons (Fsp3) is 0.333. The maximum atomic E-state index is 5.90. The van der Waals surface area contributed by atoms with E-state index in [0.717, 1.165) is 54.3 Å². The molecule has 5 nitrogen and oxygen atoms in total. The van der Waals surface area contributed by atoms with Crippen LogP contribution >= 0.6 is 11.6 Å². The monoisotopic (exact) mass is 303 g/mol. The van der Waals surface area contributed by atoms with Crippen LogP contribution in [0, 0.1) is 6.92 Å². The summed E-state index contributed by atoms with van der Waals surface area (Å²) in [5.41, 5.74) is 0.962. The highest BCUT2D eigenvalue weighted by molar-refractivity contribution is 6.30. The maximum absolute atomic E-state index is 5.90. The zero-order valence-corrected chi connectivity index (χ0v) is 12.7. The topological polar surface area (TPSA) is 53.1 Å². The van der Waals surface area contributed by atoms with Gasteiger partial charge in [-0.2, -0.15) is 0 Å². The molecule has 2 aromatic rings. The highest BCUT2D eigenvalue weighted by Gasteiger charge is 2.13. The average Bonchev–Trinajstić information content (AvgIpc) is 2.50. The van der Waals surface area contributed by atoms with Gasteiger partial charge in [-0.05, 0) is 31.2 Å². The van der Waals surface area contributed by atoms with E-state index in [1.54, 1.807) is 0 Å². The zero-order chi connectivity index (χ0) is 14.7. The van der Waals surface area contributed by atoms with E-state index in [1.807, 2.05) is 37.3 Å². The van der Waals surface area contributed by atoms with Crippen LogP contribution in [0.1, 0.15) is 5.82 Å². The van der Waals surface area contributed by atoms with Crippen molar-refractivity contribution in [3.63, 3.8) is 0 Å². The number of nitrogens with zero attached hydrogens (tertiary/aromatic N) is 3. The second kappa shape index (κ2) is 6.28. The molecule has 1 aromatic carbocycles. The lowest BCUT2D eigenvalue weighted by Crippen LogP contribution is -2.44. The molecule has 6 heteroatoms. The number of rotatable bonds is 3. The summed E-state index contributed by atoms with van der Waals surface area (Å²) in [4.78, 5) is 11.3. The predicted molar refractivity (Wildman–Crippen MR) is 86.6 cm³/mol. The number of halogens is 1. The highest BCUT2D eigenvalue weighted by Crippen LogP contribution is 2.21. The second-order valence-electron chi connectivity index (χ2n) is 5.03. The van der Waals surface area contributed by atoms with Crippen molar-refractivity contribution < 1.29 is 0 Å². The molecule has 0 atom stereocenters. The SMILES string of the molecule is Cc1nc(Nc2ccc(Cl)cc2)cc(N2CCNCC2)n1. The van der Waals surface area contributed by atoms with Gasteiger partial charge in [0.05, 0.1) is 0 Å². The smallest absolute Gasteiger partial charge is 0.136 e. The molecule has 1 saturated heterocycles. The minimum Gasteiger partial charge on any atom is -0.354 e. The molecule has 3 rings (SSSR count). The standard InChI is InChI=1S/C15H18ClN5/c1-11-18-14(20-13-4-2-12(16)3-5-13)10-15(19-11)21-8-6-17-7-9-21/h2-5,10,17H,6-9H2,1H3,(H,18,19,20). The first kappa shape index (κ1) is 14.1. The van der Waals surface area contributed by atoms with Gasteiger partial charge in [0.25, 0.3) is 0 Å². The van der Waals surface area contributed by atoms with E-state index in [9.17, 15) is 0 Å². The van der Waals surface area contributed by atoms with Crippen LogP contribution in [-0.2, 0) is 0 Å². The number of piperazine rings is 1. The van der Waals surface area contributed by atoms with Crippen LogP contribution < -0.4 is 15.5 Å². The van der Waals surface area contributed by atoms with Crippen LogP contribution in [0.15, 0.2) is 30.3 Å². The lowest BCUT2D eigenvalue weighted by atomic mass is 10.3. The average molecular weight is 304 g/mol. The Morgan fingerprint density at radius 1 is 1.14 bits per heavy atom. The Kier molecular flexibility index (Phi) is 4.22. The third kappa shape index (κ3) is 3.62. The van der Waals surface area contributed by atoms with Gasteiger partial charge >= 0.3 is 0 Å². The molecule has 0 unspecified atom stereocenters. The number of nitrogens with one attached hydrogen (secondary N) is 2. The molecule has 2 heterocycles. The molecule has 0 saturated carbocycles. The van der Waals surface area contributed by atoms with E-state index < -0.39 is 0 Å². The van der Waals surface area contributed by atoms with Crippen LogP contribution in [0.25, 0.3) is 0 Å². The van der Waals surface area contributed by atoms with Gasteiger partial charge in [0.2, 0.25) is 0 Å². The summed E-state index contributed by atoms with van der Waals surface area (Å²) < 4.78 is 0. The molecular formula is C15H18ClN5. The number of aryl methyl sites for hydroxylation is 1. The summed E-state index contributed by atoms with van der Waals surface area (Å²) in [7, 11) is 0. The second-order valence-corrected chi connectivity index (χ2v) is 5.46. The minimum atomic E-state index is 0.723. The first-order valence-electron chi connectivity index (χ1n) is 7.05. The van der Waals surface area contributed by atoms with E-state index in [1.165, 1.54) is 0 Å². The fourth-order valence-corrected chi connectivity index (χ4v) is 2.48. The van der Waals surface area contributed by atoms with Gasteiger partial charge in [-0.3, -0.25) is 0 Å². The number of hydrogen-bond donors (Lipinski definition) is 2. The van der Waals surface area contributed by atoms with Crippen molar-refractivity contribution in [3.05, 3.63) is 41.2 Å². The first-order chi connectivity index (χ1) is 10.2. The normalized spacial score (nSPS) is 15.0. The summed E-state index contributed by atoms with van der Waals surface area (Å²) in [6.45, 7) is 5.83. The maximum Gasteiger partial charge on any atom is 0.136 e. The van der Waals surface area contributed by atoms with Gasteiger partial charge in [-0.25, -0.2) is 9.97 Å². The largest absolute Gasteiger partial charge is 0.354 e. The lowest BCUT2D eigenvalue weighted by Gasteiger charge is -2.28.